The molecule has 1 aliphatic carbocycles. The third kappa shape index (κ3) is 3.76. The number of nitrogens with one attached hydrogen (secondary N) is 1. The van der Waals surface area contributed by atoms with E-state index in [9.17, 15) is 4.79 Å². The zero-order valence-electron chi connectivity index (χ0n) is 11.5. The van der Waals surface area contributed by atoms with E-state index in [2.05, 4.69) is 42.7 Å². The Kier molecular flexibility index (Phi) is 4.48. The fourth-order valence-corrected chi connectivity index (χ4v) is 3.49. The second-order valence-electron chi connectivity index (χ2n) is 4.98. The first-order valence-corrected chi connectivity index (χ1v) is 8.79. The number of aromatic nitrogens is 3. The molecule has 0 aliphatic heterocycles. The summed E-state index contributed by atoms with van der Waals surface area (Å²) < 4.78 is 3.24. The van der Waals surface area contributed by atoms with Crippen molar-refractivity contribution in [2.45, 2.75) is 31.0 Å². The van der Waals surface area contributed by atoms with Crippen LogP contribution in [0.5, 0.6) is 0 Å². The maximum atomic E-state index is 12.0. The number of anilines is 1. The van der Waals surface area contributed by atoms with E-state index in [4.69, 9.17) is 0 Å². The largest absolute Gasteiger partial charge is 0.325 e. The Bertz CT molecular complexity index is 669. The minimum atomic E-state index is -0.0231. The average Bonchev–Trinajstić information content (AvgIpc) is 3.20. The lowest BCUT2D eigenvalue weighted by atomic mass is 10.3. The van der Waals surface area contributed by atoms with Gasteiger partial charge in [0.2, 0.25) is 5.91 Å². The molecule has 1 saturated carbocycles. The van der Waals surface area contributed by atoms with Crippen LogP contribution in [0.2, 0.25) is 0 Å². The molecule has 7 heteroatoms. The van der Waals surface area contributed by atoms with Gasteiger partial charge in [0.05, 0.1) is 5.75 Å². The summed E-state index contributed by atoms with van der Waals surface area (Å²) in [6.07, 6.45) is 2.36. The Morgan fingerprint density at radius 2 is 2.29 bits per heavy atom. The van der Waals surface area contributed by atoms with Crippen molar-refractivity contribution in [3.63, 3.8) is 0 Å². The van der Waals surface area contributed by atoms with Crippen LogP contribution < -0.4 is 5.32 Å². The minimum absolute atomic E-state index is 0.0231. The van der Waals surface area contributed by atoms with E-state index in [1.165, 1.54) is 24.6 Å². The molecule has 0 atom stereocenters. The number of hydrogen-bond acceptors (Lipinski definition) is 4. The van der Waals surface area contributed by atoms with E-state index in [0.29, 0.717) is 11.8 Å². The number of carbonyl (C=O) groups excluding carboxylic acids is 1. The van der Waals surface area contributed by atoms with Gasteiger partial charge in [0.1, 0.15) is 5.82 Å². The quantitative estimate of drug-likeness (QED) is 0.603. The van der Waals surface area contributed by atoms with Gasteiger partial charge in [0.15, 0.2) is 5.16 Å². The molecule has 0 spiro atoms. The first kappa shape index (κ1) is 14.8. The first-order valence-electron chi connectivity index (χ1n) is 6.73. The highest BCUT2D eigenvalue weighted by atomic mass is 127. The van der Waals surface area contributed by atoms with Crippen molar-refractivity contribution >= 4 is 45.9 Å². The topological polar surface area (TPSA) is 59.8 Å². The van der Waals surface area contributed by atoms with Crippen LogP contribution >= 0.6 is 34.4 Å². The molecule has 0 saturated heterocycles. The van der Waals surface area contributed by atoms with Crippen molar-refractivity contribution in [3.8, 4) is 0 Å². The summed E-state index contributed by atoms with van der Waals surface area (Å²) >= 11 is 3.67. The van der Waals surface area contributed by atoms with Crippen molar-refractivity contribution in [1.29, 1.82) is 0 Å². The Hall–Kier alpha value is -1.09. The molecule has 3 rings (SSSR count). The van der Waals surface area contributed by atoms with Crippen LogP contribution in [0.3, 0.4) is 0 Å². The van der Waals surface area contributed by atoms with E-state index in [1.54, 1.807) is 0 Å². The van der Waals surface area contributed by atoms with Crippen LogP contribution in [0.25, 0.3) is 0 Å². The Balaban J connectivity index is 1.59. The molecule has 2 aromatic rings. The third-order valence-electron chi connectivity index (χ3n) is 3.19. The lowest BCUT2D eigenvalue weighted by Crippen LogP contribution is -2.14. The van der Waals surface area contributed by atoms with Gasteiger partial charge in [-0.25, -0.2) is 0 Å². The molecule has 21 heavy (non-hydrogen) atoms. The Labute approximate surface area is 141 Å². The monoisotopic (exact) mass is 414 g/mol. The molecule has 0 unspecified atom stereocenters. The molecule has 110 valence electrons. The van der Waals surface area contributed by atoms with Crippen molar-refractivity contribution in [2.24, 2.45) is 0 Å². The van der Waals surface area contributed by atoms with Crippen LogP contribution in [0, 0.1) is 10.5 Å². The van der Waals surface area contributed by atoms with Crippen molar-refractivity contribution in [1.82, 2.24) is 14.8 Å². The molecule has 1 fully saturated rings. The molecule has 0 radical (unpaired) electrons. The van der Waals surface area contributed by atoms with Gasteiger partial charge in [0.25, 0.3) is 0 Å². The van der Waals surface area contributed by atoms with Crippen molar-refractivity contribution < 1.29 is 4.79 Å². The SMILES string of the molecule is Cc1nnc(SCC(=O)Nc2cccc(I)c2)n1C1CC1. The van der Waals surface area contributed by atoms with Gasteiger partial charge >= 0.3 is 0 Å². The van der Waals surface area contributed by atoms with Gasteiger partial charge in [-0.3, -0.25) is 4.79 Å². The molecule has 1 heterocycles. The fraction of sp³-hybridized carbons (Fsp3) is 0.357. The maximum absolute atomic E-state index is 12.0. The molecular formula is C14H15IN4OS. The highest BCUT2D eigenvalue weighted by Crippen LogP contribution is 2.38. The number of nitrogens with zero attached hydrogens (tertiary/aromatic N) is 3. The summed E-state index contributed by atoms with van der Waals surface area (Å²) in [5, 5.41) is 12.0. The zero-order chi connectivity index (χ0) is 14.8. The van der Waals surface area contributed by atoms with E-state index >= 15 is 0 Å². The zero-order valence-corrected chi connectivity index (χ0v) is 14.5. The number of rotatable bonds is 5. The Morgan fingerprint density at radius 1 is 1.48 bits per heavy atom. The molecule has 1 aliphatic rings. The fourth-order valence-electron chi connectivity index (χ4n) is 2.09. The summed E-state index contributed by atoms with van der Waals surface area (Å²) in [7, 11) is 0. The number of thioether (sulfide) groups is 1. The number of carbonyl (C=O) groups is 1. The normalized spacial score (nSPS) is 14.2. The average molecular weight is 414 g/mol. The smallest absolute Gasteiger partial charge is 0.234 e. The summed E-state index contributed by atoms with van der Waals surface area (Å²) in [5.74, 6) is 1.25. The van der Waals surface area contributed by atoms with Crippen LogP contribution in [0.15, 0.2) is 29.4 Å². The first-order chi connectivity index (χ1) is 10.1. The van der Waals surface area contributed by atoms with Crippen LogP contribution in [0.4, 0.5) is 5.69 Å². The van der Waals surface area contributed by atoms with Crippen LogP contribution in [-0.2, 0) is 4.79 Å². The maximum Gasteiger partial charge on any atom is 0.234 e. The highest BCUT2D eigenvalue weighted by Gasteiger charge is 2.28. The van der Waals surface area contributed by atoms with Gasteiger partial charge < -0.3 is 9.88 Å². The number of benzene rings is 1. The molecule has 1 aromatic heterocycles. The third-order valence-corrected chi connectivity index (χ3v) is 4.80. The predicted octanol–water partition coefficient (Wildman–Crippen LogP) is 3.26. The standard InChI is InChI=1S/C14H15IN4OS/c1-9-17-18-14(19(9)12-5-6-12)21-8-13(20)16-11-4-2-3-10(15)7-11/h2-4,7,12H,5-6,8H2,1H3,(H,16,20). The molecule has 1 amide bonds. The lowest BCUT2D eigenvalue weighted by molar-refractivity contribution is -0.113. The second-order valence-corrected chi connectivity index (χ2v) is 7.17. The van der Waals surface area contributed by atoms with Gasteiger partial charge in [-0.05, 0) is 60.6 Å². The molecular weight excluding hydrogens is 399 g/mol. The number of halogens is 1. The highest BCUT2D eigenvalue weighted by molar-refractivity contribution is 14.1. The molecule has 5 nitrogen and oxygen atoms in total. The summed E-state index contributed by atoms with van der Waals surface area (Å²) in [6.45, 7) is 1.96. The number of amides is 1. The number of hydrogen-bond donors (Lipinski definition) is 1. The van der Waals surface area contributed by atoms with Gasteiger partial charge in [-0.1, -0.05) is 17.8 Å². The molecule has 1 aromatic carbocycles. The van der Waals surface area contributed by atoms with E-state index in [1.807, 2.05) is 31.2 Å². The van der Waals surface area contributed by atoms with E-state index < -0.39 is 0 Å². The number of aryl methyl sites for hydroxylation is 1. The summed E-state index contributed by atoms with van der Waals surface area (Å²) in [5.41, 5.74) is 0.826. The summed E-state index contributed by atoms with van der Waals surface area (Å²) in [6, 6.07) is 8.28. The summed E-state index contributed by atoms with van der Waals surface area (Å²) in [4.78, 5) is 12.0. The minimum Gasteiger partial charge on any atom is -0.325 e. The van der Waals surface area contributed by atoms with Crippen molar-refractivity contribution in [3.05, 3.63) is 33.7 Å². The van der Waals surface area contributed by atoms with Crippen LogP contribution in [0.1, 0.15) is 24.7 Å². The molecule has 1 N–H and O–H groups in total. The van der Waals surface area contributed by atoms with Gasteiger partial charge in [-0.2, -0.15) is 0 Å². The van der Waals surface area contributed by atoms with E-state index in [-0.39, 0.29) is 5.91 Å². The van der Waals surface area contributed by atoms with Gasteiger partial charge in [0, 0.05) is 15.3 Å². The Morgan fingerprint density at radius 3 is 3.00 bits per heavy atom. The van der Waals surface area contributed by atoms with Gasteiger partial charge in [-0.15, -0.1) is 10.2 Å². The van der Waals surface area contributed by atoms with Crippen LogP contribution in [-0.4, -0.2) is 26.4 Å². The van der Waals surface area contributed by atoms with Crippen molar-refractivity contribution in [2.75, 3.05) is 11.1 Å². The lowest BCUT2D eigenvalue weighted by Gasteiger charge is -2.07. The molecule has 0 bridgehead atoms. The second kappa shape index (κ2) is 6.35. The van der Waals surface area contributed by atoms with E-state index in [0.717, 1.165) is 20.2 Å². The predicted molar refractivity (Wildman–Crippen MR) is 91.5 cm³/mol.